The molecule has 0 radical (unpaired) electrons. The first-order valence-corrected chi connectivity index (χ1v) is 5.87. The zero-order chi connectivity index (χ0) is 9.10. The Kier molecular flexibility index (Phi) is 3.23. The molecule has 1 heterocycles. The molecule has 2 heteroatoms. The normalized spacial score (nSPS) is 30.7. The van der Waals surface area contributed by atoms with E-state index in [0.717, 1.165) is 12.1 Å². The molecule has 2 fully saturated rings. The lowest BCUT2D eigenvalue weighted by Crippen LogP contribution is -2.44. The van der Waals surface area contributed by atoms with E-state index in [0.29, 0.717) is 0 Å². The number of hydrogen-bond acceptors (Lipinski definition) is 2. The molecule has 76 valence electrons. The molecule has 0 amide bonds. The van der Waals surface area contributed by atoms with Crippen LogP contribution < -0.4 is 5.32 Å². The quantitative estimate of drug-likeness (QED) is 0.710. The van der Waals surface area contributed by atoms with Crippen molar-refractivity contribution in [3.63, 3.8) is 0 Å². The number of likely N-dealkylation sites (N-methyl/N-ethyl adjacent to an activating group) is 1. The lowest BCUT2D eigenvalue weighted by Gasteiger charge is -2.30. The predicted octanol–water partition coefficient (Wildman–Crippen LogP) is 1.61. The van der Waals surface area contributed by atoms with Gasteiger partial charge in [0, 0.05) is 18.6 Å². The maximum Gasteiger partial charge on any atom is 0.0221 e. The Morgan fingerprint density at radius 1 is 1.23 bits per heavy atom. The minimum absolute atomic E-state index is 0.839. The second kappa shape index (κ2) is 4.43. The summed E-state index contributed by atoms with van der Waals surface area (Å²) in [6, 6.07) is 1.70. The van der Waals surface area contributed by atoms with Crippen LogP contribution in [0.5, 0.6) is 0 Å². The molecule has 1 saturated carbocycles. The van der Waals surface area contributed by atoms with E-state index in [9.17, 15) is 0 Å². The highest BCUT2D eigenvalue weighted by molar-refractivity contribution is 4.83. The fourth-order valence-corrected chi connectivity index (χ4v) is 2.46. The topological polar surface area (TPSA) is 15.3 Å². The number of rotatable bonds is 4. The van der Waals surface area contributed by atoms with E-state index < -0.39 is 0 Å². The summed E-state index contributed by atoms with van der Waals surface area (Å²) in [5.74, 6) is 0. The summed E-state index contributed by atoms with van der Waals surface area (Å²) in [6.07, 6.45) is 7.09. The molecule has 1 aliphatic heterocycles. The molecular weight excluding hydrogens is 160 g/mol. The van der Waals surface area contributed by atoms with Gasteiger partial charge in [-0.15, -0.1) is 0 Å². The summed E-state index contributed by atoms with van der Waals surface area (Å²) in [5, 5.41) is 3.68. The molecule has 0 bridgehead atoms. The molecule has 2 nitrogen and oxygen atoms in total. The average Bonchev–Trinajstić information content (AvgIpc) is 2.49. The van der Waals surface area contributed by atoms with Crippen molar-refractivity contribution < 1.29 is 0 Å². The van der Waals surface area contributed by atoms with Gasteiger partial charge >= 0.3 is 0 Å². The minimum atomic E-state index is 0.839. The van der Waals surface area contributed by atoms with Crippen molar-refractivity contribution in [2.24, 2.45) is 0 Å². The average molecular weight is 182 g/mol. The predicted molar refractivity (Wildman–Crippen MR) is 55.9 cm³/mol. The molecular formula is C11H22N2. The molecule has 2 rings (SSSR count). The van der Waals surface area contributed by atoms with Crippen molar-refractivity contribution in [3.05, 3.63) is 0 Å². The third kappa shape index (κ3) is 2.23. The van der Waals surface area contributed by atoms with Gasteiger partial charge in [-0.2, -0.15) is 0 Å². The van der Waals surface area contributed by atoms with Gasteiger partial charge in [0.05, 0.1) is 0 Å². The standard InChI is InChI=1S/C11H22N2/c1-2-13-8-4-7-11(13)9-12-10-5-3-6-10/h10-12H,2-9H2,1H3/t11-/m0/s1. The Hall–Kier alpha value is -0.0800. The molecule has 0 aromatic carbocycles. The fourth-order valence-electron chi connectivity index (χ4n) is 2.46. The lowest BCUT2D eigenvalue weighted by atomic mass is 9.93. The van der Waals surface area contributed by atoms with Gasteiger partial charge in [0.2, 0.25) is 0 Å². The third-order valence-corrected chi connectivity index (χ3v) is 3.65. The van der Waals surface area contributed by atoms with E-state index in [-0.39, 0.29) is 0 Å². The Bertz CT molecular complexity index is 154. The Morgan fingerprint density at radius 3 is 2.69 bits per heavy atom. The van der Waals surface area contributed by atoms with E-state index in [1.165, 1.54) is 51.7 Å². The lowest BCUT2D eigenvalue weighted by molar-refractivity contribution is 0.237. The first-order valence-electron chi connectivity index (χ1n) is 5.87. The Balaban J connectivity index is 1.67. The van der Waals surface area contributed by atoms with Crippen molar-refractivity contribution in [1.82, 2.24) is 10.2 Å². The van der Waals surface area contributed by atoms with Crippen molar-refractivity contribution in [2.75, 3.05) is 19.6 Å². The van der Waals surface area contributed by atoms with Gasteiger partial charge in [-0.05, 0) is 38.8 Å². The number of likely N-dealkylation sites (tertiary alicyclic amines) is 1. The molecule has 1 aliphatic carbocycles. The first-order chi connectivity index (χ1) is 6.40. The maximum absolute atomic E-state index is 3.68. The largest absolute Gasteiger partial charge is 0.312 e. The van der Waals surface area contributed by atoms with Crippen LogP contribution >= 0.6 is 0 Å². The van der Waals surface area contributed by atoms with Gasteiger partial charge in [-0.25, -0.2) is 0 Å². The van der Waals surface area contributed by atoms with Crippen LogP contribution in [0.3, 0.4) is 0 Å². The van der Waals surface area contributed by atoms with Crippen molar-refractivity contribution in [2.45, 2.75) is 51.1 Å². The Morgan fingerprint density at radius 2 is 2.08 bits per heavy atom. The van der Waals surface area contributed by atoms with Gasteiger partial charge in [-0.3, -0.25) is 4.90 Å². The van der Waals surface area contributed by atoms with Crippen molar-refractivity contribution in [3.8, 4) is 0 Å². The Labute approximate surface area is 81.7 Å². The second-order valence-electron chi connectivity index (χ2n) is 4.46. The van der Waals surface area contributed by atoms with Crippen LogP contribution in [0.15, 0.2) is 0 Å². The molecule has 0 spiro atoms. The monoisotopic (exact) mass is 182 g/mol. The highest BCUT2D eigenvalue weighted by Crippen LogP contribution is 2.20. The maximum atomic E-state index is 3.68. The highest BCUT2D eigenvalue weighted by Gasteiger charge is 2.24. The number of nitrogens with one attached hydrogen (secondary N) is 1. The molecule has 0 unspecified atom stereocenters. The fraction of sp³-hybridized carbons (Fsp3) is 1.00. The summed E-state index contributed by atoms with van der Waals surface area (Å²) in [5.41, 5.74) is 0. The van der Waals surface area contributed by atoms with E-state index >= 15 is 0 Å². The molecule has 1 atom stereocenters. The van der Waals surface area contributed by atoms with E-state index in [1.54, 1.807) is 0 Å². The summed E-state index contributed by atoms with van der Waals surface area (Å²) in [6.45, 7) is 6.07. The summed E-state index contributed by atoms with van der Waals surface area (Å²) >= 11 is 0. The van der Waals surface area contributed by atoms with E-state index in [1.807, 2.05) is 0 Å². The molecule has 1 N–H and O–H groups in total. The molecule has 13 heavy (non-hydrogen) atoms. The smallest absolute Gasteiger partial charge is 0.0221 e. The summed E-state index contributed by atoms with van der Waals surface area (Å²) in [4.78, 5) is 2.62. The van der Waals surface area contributed by atoms with Crippen LogP contribution in [0, 0.1) is 0 Å². The molecule has 0 aromatic rings. The van der Waals surface area contributed by atoms with Crippen LogP contribution in [0.25, 0.3) is 0 Å². The van der Waals surface area contributed by atoms with Gasteiger partial charge in [-0.1, -0.05) is 13.3 Å². The van der Waals surface area contributed by atoms with Gasteiger partial charge in [0.15, 0.2) is 0 Å². The first kappa shape index (κ1) is 9.47. The number of hydrogen-bond donors (Lipinski definition) is 1. The zero-order valence-corrected chi connectivity index (χ0v) is 8.76. The van der Waals surface area contributed by atoms with E-state index in [4.69, 9.17) is 0 Å². The molecule has 0 aromatic heterocycles. The third-order valence-electron chi connectivity index (χ3n) is 3.65. The van der Waals surface area contributed by atoms with Crippen LogP contribution in [0.4, 0.5) is 0 Å². The SMILES string of the molecule is CCN1CCC[C@H]1CNC1CCC1. The van der Waals surface area contributed by atoms with Gasteiger partial charge in [0.25, 0.3) is 0 Å². The van der Waals surface area contributed by atoms with Gasteiger partial charge in [0.1, 0.15) is 0 Å². The molecule has 2 aliphatic rings. The second-order valence-corrected chi connectivity index (χ2v) is 4.46. The van der Waals surface area contributed by atoms with Crippen LogP contribution in [0.1, 0.15) is 39.0 Å². The minimum Gasteiger partial charge on any atom is -0.312 e. The summed E-state index contributed by atoms with van der Waals surface area (Å²) < 4.78 is 0. The number of nitrogens with zero attached hydrogens (tertiary/aromatic N) is 1. The van der Waals surface area contributed by atoms with Crippen LogP contribution in [-0.2, 0) is 0 Å². The van der Waals surface area contributed by atoms with Crippen molar-refractivity contribution >= 4 is 0 Å². The van der Waals surface area contributed by atoms with Crippen molar-refractivity contribution in [1.29, 1.82) is 0 Å². The molecule has 1 saturated heterocycles. The van der Waals surface area contributed by atoms with E-state index in [2.05, 4.69) is 17.1 Å². The summed E-state index contributed by atoms with van der Waals surface area (Å²) in [7, 11) is 0. The van der Waals surface area contributed by atoms with Crippen LogP contribution in [-0.4, -0.2) is 36.6 Å². The zero-order valence-electron chi connectivity index (χ0n) is 8.76. The van der Waals surface area contributed by atoms with Crippen LogP contribution in [0.2, 0.25) is 0 Å². The van der Waals surface area contributed by atoms with Gasteiger partial charge < -0.3 is 5.32 Å². The highest BCUT2D eigenvalue weighted by atomic mass is 15.2.